The molecule has 0 aromatic carbocycles. The number of nitrogens with zero attached hydrogens (tertiary/aromatic N) is 3. The minimum atomic E-state index is 0.513. The van der Waals surface area contributed by atoms with E-state index in [0.717, 1.165) is 18.8 Å². The summed E-state index contributed by atoms with van der Waals surface area (Å²) >= 11 is 0. The summed E-state index contributed by atoms with van der Waals surface area (Å²) in [4.78, 5) is 0. The Morgan fingerprint density at radius 3 is 2.60 bits per heavy atom. The van der Waals surface area contributed by atoms with Crippen LogP contribution in [0.2, 0.25) is 0 Å². The largest absolute Gasteiger partial charge is 0.368 e. The number of nitrogen functional groups attached to an aromatic ring is 1. The van der Waals surface area contributed by atoms with Gasteiger partial charge in [-0.25, -0.2) is 0 Å². The average molecular weight is 140 g/mol. The zero-order valence-electron chi connectivity index (χ0n) is 6.33. The van der Waals surface area contributed by atoms with Crippen molar-refractivity contribution in [3.8, 4) is 0 Å². The van der Waals surface area contributed by atoms with E-state index >= 15 is 0 Å². The first-order valence-corrected chi connectivity index (χ1v) is 3.41. The molecule has 2 N–H and O–H groups in total. The van der Waals surface area contributed by atoms with Gasteiger partial charge in [0.1, 0.15) is 5.82 Å². The molecule has 0 saturated heterocycles. The Labute approximate surface area is 60.1 Å². The molecule has 1 rings (SSSR count). The second-order valence-electron chi connectivity index (χ2n) is 2.26. The molecule has 0 saturated carbocycles. The van der Waals surface area contributed by atoms with Crippen LogP contribution in [0.15, 0.2) is 0 Å². The van der Waals surface area contributed by atoms with Gasteiger partial charge >= 0.3 is 0 Å². The van der Waals surface area contributed by atoms with Crippen LogP contribution in [-0.4, -0.2) is 14.8 Å². The third-order valence-corrected chi connectivity index (χ3v) is 1.41. The van der Waals surface area contributed by atoms with E-state index in [0.29, 0.717) is 5.95 Å². The molecule has 0 amide bonds. The molecule has 10 heavy (non-hydrogen) atoms. The number of aryl methyl sites for hydroxylation is 1. The summed E-state index contributed by atoms with van der Waals surface area (Å²) in [5.41, 5.74) is 5.52. The number of hydrogen-bond acceptors (Lipinski definition) is 3. The van der Waals surface area contributed by atoms with Crippen molar-refractivity contribution in [1.82, 2.24) is 14.8 Å². The first-order chi connectivity index (χ1) is 4.75. The highest BCUT2D eigenvalue weighted by Crippen LogP contribution is 2.02. The fourth-order valence-electron chi connectivity index (χ4n) is 0.897. The fraction of sp³-hybridized carbons (Fsp3) is 0.667. The molecule has 0 bridgehead atoms. The molecule has 0 unspecified atom stereocenters. The SMILES string of the molecule is CCCn1c(C)nnc1N. The number of nitrogens with two attached hydrogens (primary N) is 1. The molecular formula is C6H12N4. The van der Waals surface area contributed by atoms with E-state index in [-0.39, 0.29) is 0 Å². The van der Waals surface area contributed by atoms with Crippen LogP contribution in [0.5, 0.6) is 0 Å². The molecule has 1 aromatic heterocycles. The number of rotatable bonds is 2. The molecule has 0 fully saturated rings. The van der Waals surface area contributed by atoms with Crippen molar-refractivity contribution in [3.05, 3.63) is 5.82 Å². The molecule has 0 atom stereocenters. The molecule has 1 aromatic rings. The molecule has 4 heteroatoms. The van der Waals surface area contributed by atoms with Crippen molar-refractivity contribution >= 4 is 5.95 Å². The van der Waals surface area contributed by atoms with E-state index in [1.165, 1.54) is 0 Å². The Morgan fingerprint density at radius 2 is 2.20 bits per heavy atom. The fourth-order valence-corrected chi connectivity index (χ4v) is 0.897. The quantitative estimate of drug-likeness (QED) is 0.653. The predicted molar refractivity (Wildman–Crippen MR) is 39.5 cm³/mol. The van der Waals surface area contributed by atoms with Gasteiger partial charge in [0.05, 0.1) is 0 Å². The zero-order chi connectivity index (χ0) is 7.56. The van der Waals surface area contributed by atoms with E-state index in [2.05, 4.69) is 17.1 Å². The van der Waals surface area contributed by atoms with Crippen LogP contribution in [0.3, 0.4) is 0 Å². The first kappa shape index (κ1) is 7.05. The second-order valence-corrected chi connectivity index (χ2v) is 2.26. The van der Waals surface area contributed by atoms with Crippen LogP contribution in [0.25, 0.3) is 0 Å². The lowest BCUT2D eigenvalue weighted by Gasteiger charge is -2.01. The number of anilines is 1. The Kier molecular flexibility index (Phi) is 1.89. The summed E-state index contributed by atoms with van der Waals surface area (Å²) in [6, 6.07) is 0. The molecule has 1 heterocycles. The highest BCUT2D eigenvalue weighted by molar-refractivity contribution is 5.16. The van der Waals surface area contributed by atoms with Gasteiger partial charge in [-0.1, -0.05) is 6.92 Å². The molecule has 0 aliphatic rings. The van der Waals surface area contributed by atoms with Crippen molar-refractivity contribution in [2.75, 3.05) is 5.73 Å². The maximum Gasteiger partial charge on any atom is 0.221 e. The van der Waals surface area contributed by atoms with Crippen LogP contribution < -0.4 is 5.73 Å². The standard InChI is InChI=1S/C6H12N4/c1-3-4-10-5(2)8-9-6(10)7/h3-4H2,1-2H3,(H2,7,9). The van der Waals surface area contributed by atoms with Crippen molar-refractivity contribution in [2.24, 2.45) is 0 Å². The van der Waals surface area contributed by atoms with Crippen LogP contribution >= 0.6 is 0 Å². The van der Waals surface area contributed by atoms with Gasteiger partial charge in [-0.2, -0.15) is 0 Å². The molecule has 0 spiro atoms. The number of aromatic nitrogens is 3. The van der Waals surface area contributed by atoms with E-state index in [9.17, 15) is 0 Å². The van der Waals surface area contributed by atoms with Gasteiger partial charge in [0.25, 0.3) is 0 Å². The van der Waals surface area contributed by atoms with Gasteiger partial charge in [0.2, 0.25) is 5.95 Å². The minimum Gasteiger partial charge on any atom is -0.368 e. The average Bonchev–Trinajstić information content (AvgIpc) is 2.20. The lowest BCUT2D eigenvalue weighted by molar-refractivity contribution is 0.665. The third-order valence-electron chi connectivity index (χ3n) is 1.41. The van der Waals surface area contributed by atoms with Gasteiger partial charge in [-0.05, 0) is 13.3 Å². The number of hydrogen-bond donors (Lipinski definition) is 1. The molecule has 0 aliphatic carbocycles. The topological polar surface area (TPSA) is 56.7 Å². The second kappa shape index (κ2) is 2.68. The van der Waals surface area contributed by atoms with Gasteiger partial charge in [-0.15, -0.1) is 10.2 Å². The third kappa shape index (κ3) is 1.10. The van der Waals surface area contributed by atoms with E-state index in [1.807, 2.05) is 11.5 Å². The Balaban J connectivity index is 2.87. The predicted octanol–water partition coefficient (Wildman–Crippen LogP) is 0.579. The van der Waals surface area contributed by atoms with Gasteiger partial charge in [0.15, 0.2) is 0 Å². The van der Waals surface area contributed by atoms with E-state index in [4.69, 9.17) is 5.73 Å². The van der Waals surface area contributed by atoms with Crippen LogP contribution in [-0.2, 0) is 6.54 Å². The molecule has 0 aliphatic heterocycles. The van der Waals surface area contributed by atoms with E-state index < -0.39 is 0 Å². The summed E-state index contributed by atoms with van der Waals surface area (Å²) in [6.07, 6.45) is 1.06. The molecule has 56 valence electrons. The highest BCUT2D eigenvalue weighted by atomic mass is 15.3. The normalized spacial score (nSPS) is 10.2. The maximum absolute atomic E-state index is 5.52. The first-order valence-electron chi connectivity index (χ1n) is 3.41. The minimum absolute atomic E-state index is 0.513. The summed E-state index contributed by atoms with van der Waals surface area (Å²) in [6.45, 7) is 4.91. The van der Waals surface area contributed by atoms with Crippen molar-refractivity contribution in [3.63, 3.8) is 0 Å². The van der Waals surface area contributed by atoms with Crippen molar-refractivity contribution in [1.29, 1.82) is 0 Å². The van der Waals surface area contributed by atoms with Crippen LogP contribution in [0, 0.1) is 6.92 Å². The van der Waals surface area contributed by atoms with Crippen LogP contribution in [0.1, 0.15) is 19.2 Å². The maximum atomic E-state index is 5.52. The van der Waals surface area contributed by atoms with Gasteiger partial charge < -0.3 is 5.73 Å². The Morgan fingerprint density at radius 1 is 1.50 bits per heavy atom. The molecule has 0 radical (unpaired) electrons. The smallest absolute Gasteiger partial charge is 0.221 e. The summed E-state index contributed by atoms with van der Waals surface area (Å²) < 4.78 is 1.90. The summed E-state index contributed by atoms with van der Waals surface area (Å²) in [5, 5.41) is 7.55. The van der Waals surface area contributed by atoms with Crippen molar-refractivity contribution in [2.45, 2.75) is 26.8 Å². The van der Waals surface area contributed by atoms with Gasteiger partial charge in [-0.3, -0.25) is 4.57 Å². The van der Waals surface area contributed by atoms with Gasteiger partial charge in [0, 0.05) is 6.54 Å². The highest BCUT2D eigenvalue weighted by Gasteiger charge is 2.01. The Bertz CT molecular complexity index is 196. The van der Waals surface area contributed by atoms with Crippen molar-refractivity contribution < 1.29 is 0 Å². The van der Waals surface area contributed by atoms with Crippen LogP contribution in [0.4, 0.5) is 5.95 Å². The molecular weight excluding hydrogens is 128 g/mol. The summed E-state index contributed by atoms with van der Waals surface area (Å²) in [5.74, 6) is 1.40. The summed E-state index contributed by atoms with van der Waals surface area (Å²) in [7, 11) is 0. The monoisotopic (exact) mass is 140 g/mol. The van der Waals surface area contributed by atoms with E-state index in [1.54, 1.807) is 0 Å². The lowest BCUT2D eigenvalue weighted by Crippen LogP contribution is -2.04. The Hall–Kier alpha value is -1.06. The molecule has 4 nitrogen and oxygen atoms in total. The zero-order valence-corrected chi connectivity index (χ0v) is 6.33. The lowest BCUT2D eigenvalue weighted by atomic mass is 10.4.